The molecule has 7 heteroatoms. The number of carboxylic acid groups (broad SMARTS) is 1. The number of carbonyl (C=O) groups is 1. The van der Waals surface area contributed by atoms with Gasteiger partial charge in [0.25, 0.3) is 0 Å². The number of nitrogens with zero attached hydrogens (tertiary/aromatic N) is 2. The molecule has 2 N–H and O–H groups in total. The molecule has 0 spiro atoms. The Balaban J connectivity index is 1.78. The number of hydrogen-bond donors (Lipinski definition) is 2. The first-order chi connectivity index (χ1) is 10.1. The minimum absolute atomic E-state index is 0.0592. The third kappa shape index (κ3) is 2.77. The number of likely N-dealkylation sites (N-methyl/N-ethyl adjacent to an activating group) is 1. The summed E-state index contributed by atoms with van der Waals surface area (Å²) in [5.74, 6) is 0.875. The van der Waals surface area contributed by atoms with Crippen LogP contribution in [0.15, 0.2) is 29.3 Å². The summed E-state index contributed by atoms with van der Waals surface area (Å²) in [6.07, 6.45) is 0. The van der Waals surface area contributed by atoms with E-state index in [1.807, 2.05) is 24.1 Å². The third-order valence-electron chi connectivity index (χ3n) is 3.74. The molecule has 112 valence electrons. The van der Waals surface area contributed by atoms with Gasteiger partial charge >= 0.3 is 5.97 Å². The van der Waals surface area contributed by atoms with Crippen molar-refractivity contribution in [1.29, 1.82) is 0 Å². The van der Waals surface area contributed by atoms with E-state index in [9.17, 15) is 15.0 Å². The van der Waals surface area contributed by atoms with E-state index in [2.05, 4.69) is 0 Å². The zero-order valence-electron chi connectivity index (χ0n) is 11.5. The zero-order valence-corrected chi connectivity index (χ0v) is 13.1. The molecule has 0 amide bonds. The number of aliphatic carboxylic acids is 1. The number of phenolic OH excluding ortho intramolecular Hbond substituents is 1. The lowest BCUT2D eigenvalue weighted by atomic mass is 10.2. The van der Waals surface area contributed by atoms with Crippen molar-refractivity contribution in [3.05, 3.63) is 29.8 Å². The average Bonchev–Trinajstić information content (AvgIpc) is 3.05. The fourth-order valence-electron chi connectivity index (χ4n) is 2.57. The van der Waals surface area contributed by atoms with Crippen molar-refractivity contribution >= 4 is 34.5 Å². The Morgan fingerprint density at radius 3 is 2.81 bits per heavy atom. The predicted molar refractivity (Wildman–Crippen MR) is 86.3 cm³/mol. The Kier molecular flexibility index (Phi) is 4.14. The fourth-order valence-corrected chi connectivity index (χ4v) is 5.33. The van der Waals surface area contributed by atoms with Gasteiger partial charge in [-0.05, 0) is 19.2 Å². The third-order valence-corrected chi connectivity index (χ3v) is 6.34. The van der Waals surface area contributed by atoms with Gasteiger partial charge in [0, 0.05) is 17.1 Å². The molecule has 0 saturated carbocycles. The lowest BCUT2D eigenvalue weighted by molar-refractivity contribution is -0.141. The van der Waals surface area contributed by atoms with Crippen LogP contribution in [0.4, 0.5) is 0 Å². The Labute approximate surface area is 131 Å². The summed E-state index contributed by atoms with van der Waals surface area (Å²) in [6.45, 7) is 0. The van der Waals surface area contributed by atoms with Crippen LogP contribution in [0.3, 0.4) is 0 Å². The van der Waals surface area contributed by atoms with Gasteiger partial charge in [0.05, 0.1) is 11.4 Å². The molecule has 3 rings (SSSR count). The van der Waals surface area contributed by atoms with E-state index in [4.69, 9.17) is 4.99 Å². The number of aromatic hydroxyl groups is 1. The van der Waals surface area contributed by atoms with Crippen molar-refractivity contribution in [2.24, 2.45) is 4.99 Å². The van der Waals surface area contributed by atoms with Gasteiger partial charge < -0.3 is 10.2 Å². The van der Waals surface area contributed by atoms with Crippen LogP contribution in [0.2, 0.25) is 0 Å². The highest BCUT2D eigenvalue weighted by molar-refractivity contribution is 8.14. The number of aliphatic imine (C=N–C) groups is 1. The molecule has 2 heterocycles. The Morgan fingerprint density at radius 2 is 2.14 bits per heavy atom. The monoisotopic (exact) mass is 324 g/mol. The van der Waals surface area contributed by atoms with Gasteiger partial charge in [-0.15, -0.1) is 23.5 Å². The summed E-state index contributed by atoms with van der Waals surface area (Å²) >= 11 is 3.27. The lowest BCUT2D eigenvalue weighted by Gasteiger charge is -2.24. The van der Waals surface area contributed by atoms with E-state index in [0.717, 1.165) is 16.4 Å². The smallest absolute Gasteiger partial charge is 0.321 e. The molecule has 1 saturated heterocycles. The standard InChI is InChI=1S/C14H16N2O3S2/c1-16-10(14(18)19)7-21-13(16)9-6-20-12(15-9)8-4-2-3-5-11(8)17/h2-5,9-10,13,17H,6-7H2,1H3,(H,18,19)/t9?,10-,13?/m0/s1. The van der Waals surface area contributed by atoms with Crippen LogP contribution in [0.5, 0.6) is 5.75 Å². The van der Waals surface area contributed by atoms with E-state index < -0.39 is 12.0 Å². The maximum absolute atomic E-state index is 11.2. The van der Waals surface area contributed by atoms with E-state index in [-0.39, 0.29) is 17.2 Å². The number of para-hydroxylation sites is 1. The maximum atomic E-state index is 11.2. The molecule has 1 aromatic rings. The SMILES string of the molecule is CN1C(C2CSC(c3ccccc3O)=N2)SC[C@H]1C(=O)O. The molecule has 2 unspecified atom stereocenters. The summed E-state index contributed by atoms with van der Waals surface area (Å²) in [5, 5.41) is 20.0. The average molecular weight is 324 g/mol. The Bertz CT molecular complexity index is 593. The van der Waals surface area contributed by atoms with Gasteiger partial charge in [-0.25, -0.2) is 0 Å². The summed E-state index contributed by atoms with van der Waals surface area (Å²) in [6, 6.07) is 6.80. The van der Waals surface area contributed by atoms with Gasteiger partial charge in [0.15, 0.2) is 0 Å². The van der Waals surface area contributed by atoms with Crippen LogP contribution >= 0.6 is 23.5 Å². The number of carboxylic acids is 1. The lowest BCUT2D eigenvalue weighted by Crippen LogP contribution is -2.42. The molecule has 0 radical (unpaired) electrons. The molecule has 0 aliphatic carbocycles. The highest BCUT2D eigenvalue weighted by Gasteiger charge is 2.41. The predicted octanol–water partition coefficient (Wildman–Crippen LogP) is 1.71. The molecule has 21 heavy (non-hydrogen) atoms. The van der Waals surface area contributed by atoms with Crippen LogP contribution < -0.4 is 0 Å². The highest BCUT2D eigenvalue weighted by Crippen LogP contribution is 2.37. The molecule has 3 atom stereocenters. The van der Waals surface area contributed by atoms with E-state index in [1.165, 1.54) is 0 Å². The minimum Gasteiger partial charge on any atom is -0.507 e. The normalized spacial score (nSPS) is 29.6. The van der Waals surface area contributed by atoms with Crippen LogP contribution in [0.1, 0.15) is 5.56 Å². The summed E-state index contributed by atoms with van der Waals surface area (Å²) in [5.41, 5.74) is 0.755. The van der Waals surface area contributed by atoms with Crippen molar-refractivity contribution in [2.45, 2.75) is 17.5 Å². The number of thioether (sulfide) groups is 2. The molecule has 0 aromatic heterocycles. The van der Waals surface area contributed by atoms with Crippen LogP contribution in [0.25, 0.3) is 0 Å². The topological polar surface area (TPSA) is 73.1 Å². The highest BCUT2D eigenvalue weighted by atomic mass is 32.2. The number of hydrogen-bond acceptors (Lipinski definition) is 6. The van der Waals surface area contributed by atoms with Crippen LogP contribution in [-0.4, -0.2) is 62.1 Å². The maximum Gasteiger partial charge on any atom is 0.321 e. The number of benzene rings is 1. The summed E-state index contributed by atoms with van der Waals surface area (Å²) in [4.78, 5) is 17.8. The van der Waals surface area contributed by atoms with E-state index in [1.54, 1.807) is 35.7 Å². The second-order valence-corrected chi connectivity index (χ2v) is 7.23. The van der Waals surface area contributed by atoms with E-state index in [0.29, 0.717) is 5.75 Å². The molecule has 1 fully saturated rings. The quantitative estimate of drug-likeness (QED) is 0.882. The largest absolute Gasteiger partial charge is 0.507 e. The van der Waals surface area contributed by atoms with Gasteiger partial charge in [-0.3, -0.25) is 14.7 Å². The summed E-state index contributed by atoms with van der Waals surface area (Å²) in [7, 11) is 1.85. The molecule has 1 aromatic carbocycles. The molecule has 2 aliphatic rings. The second kappa shape index (κ2) is 5.90. The number of rotatable bonds is 3. The van der Waals surface area contributed by atoms with Gasteiger partial charge in [-0.2, -0.15) is 0 Å². The molecule has 2 aliphatic heterocycles. The minimum atomic E-state index is -0.775. The fraction of sp³-hybridized carbons (Fsp3) is 0.429. The van der Waals surface area contributed by atoms with Crippen molar-refractivity contribution in [1.82, 2.24) is 4.90 Å². The van der Waals surface area contributed by atoms with Gasteiger partial charge in [0.1, 0.15) is 16.8 Å². The molecular formula is C14H16N2O3S2. The first kappa shape index (κ1) is 14.7. The molecule has 0 bridgehead atoms. The second-order valence-electron chi connectivity index (χ2n) is 5.07. The first-order valence-electron chi connectivity index (χ1n) is 6.63. The van der Waals surface area contributed by atoms with Crippen molar-refractivity contribution < 1.29 is 15.0 Å². The van der Waals surface area contributed by atoms with Gasteiger partial charge in [-0.1, -0.05) is 12.1 Å². The van der Waals surface area contributed by atoms with Crippen molar-refractivity contribution in [3.8, 4) is 5.75 Å². The van der Waals surface area contributed by atoms with E-state index >= 15 is 0 Å². The van der Waals surface area contributed by atoms with Crippen LogP contribution in [-0.2, 0) is 4.79 Å². The van der Waals surface area contributed by atoms with Crippen molar-refractivity contribution in [2.75, 3.05) is 18.6 Å². The number of phenols is 1. The molecule has 5 nitrogen and oxygen atoms in total. The molecular weight excluding hydrogens is 308 g/mol. The van der Waals surface area contributed by atoms with Crippen molar-refractivity contribution in [3.63, 3.8) is 0 Å². The van der Waals surface area contributed by atoms with Gasteiger partial charge in [0.2, 0.25) is 0 Å². The first-order valence-corrected chi connectivity index (χ1v) is 8.66. The summed E-state index contributed by atoms with van der Waals surface area (Å²) < 4.78 is 0. The Morgan fingerprint density at radius 1 is 1.38 bits per heavy atom. The zero-order chi connectivity index (χ0) is 15.0. The van der Waals surface area contributed by atoms with Crippen LogP contribution in [0, 0.1) is 0 Å². The Hall–Kier alpha value is -1.18.